The quantitative estimate of drug-likeness (QED) is 0.796. The van der Waals surface area contributed by atoms with Gasteiger partial charge in [-0.05, 0) is 62.4 Å². The minimum absolute atomic E-state index is 0.0296. The second kappa shape index (κ2) is 7.52. The molecule has 0 aliphatic carbocycles. The van der Waals surface area contributed by atoms with Crippen LogP contribution in [0.3, 0.4) is 0 Å². The van der Waals surface area contributed by atoms with E-state index in [1.165, 1.54) is 11.1 Å². The molecule has 3 nitrogen and oxygen atoms in total. The van der Waals surface area contributed by atoms with Crippen molar-refractivity contribution >= 4 is 17.3 Å². The first kappa shape index (κ1) is 18.1. The number of amides is 1. The summed E-state index contributed by atoms with van der Waals surface area (Å²) in [7, 11) is 0. The maximum Gasteiger partial charge on any atom is 0.246 e. The van der Waals surface area contributed by atoms with Gasteiger partial charge in [-0.25, -0.2) is 0 Å². The van der Waals surface area contributed by atoms with E-state index in [1.807, 2.05) is 32.9 Å². The summed E-state index contributed by atoms with van der Waals surface area (Å²) in [6.45, 7) is 12.3. The summed E-state index contributed by atoms with van der Waals surface area (Å²) in [5, 5.41) is 6.32. The third kappa shape index (κ3) is 4.38. The van der Waals surface area contributed by atoms with Gasteiger partial charge in [-0.15, -0.1) is 0 Å². The Labute approximate surface area is 145 Å². The van der Waals surface area contributed by atoms with Crippen LogP contribution in [-0.4, -0.2) is 11.9 Å². The summed E-state index contributed by atoms with van der Waals surface area (Å²) in [6, 6.07) is 12.1. The number of carbonyl (C=O) groups is 1. The Kier molecular flexibility index (Phi) is 5.66. The predicted octanol–water partition coefficient (Wildman–Crippen LogP) is 5.17. The van der Waals surface area contributed by atoms with Crippen LogP contribution in [0.1, 0.15) is 48.9 Å². The van der Waals surface area contributed by atoms with Crippen LogP contribution in [0.4, 0.5) is 11.4 Å². The second-order valence-corrected chi connectivity index (χ2v) is 6.91. The molecule has 2 N–H and O–H groups in total. The Morgan fingerprint density at radius 3 is 1.96 bits per heavy atom. The van der Waals surface area contributed by atoms with Crippen LogP contribution in [-0.2, 0) is 4.79 Å². The van der Waals surface area contributed by atoms with E-state index in [2.05, 4.69) is 55.7 Å². The van der Waals surface area contributed by atoms with Crippen molar-refractivity contribution in [3.63, 3.8) is 0 Å². The van der Waals surface area contributed by atoms with Crippen molar-refractivity contribution in [2.45, 2.75) is 53.5 Å². The van der Waals surface area contributed by atoms with Crippen LogP contribution in [0.2, 0.25) is 0 Å². The first-order valence-corrected chi connectivity index (χ1v) is 8.53. The van der Waals surface area contributed by atoms with E-state index in [9.17, 15) is 4.79 Å². The van der Waals surface area contributed by atoms with E-state index in [0.29, 0.717) is 5.92 Å². The Bertz CT molecular complexity index is 694. The molecule has 2 aromatic rings. The Balaban J connectivity index is 2.05. The lowest BCUT2D eigenvalue weighted by Gasteiger charge is -2.18. The maximum atomic E-state index is 12.5. The van der Waals surface area contributed by atoms with E-state index < -0.39 is 0 Å². The van der Waals surface area contributed by atoms with Gasteiger partial charge in [0.15, 0.2) is 0 Å². The number of anilines is 2. The van der Waals surface area contributed by atoms with Crippen molar-refractivity contribution in [2.75, 3.05) is 10.6 Å². The zero-order chi connectivity index (χ0) is 17.9. The molecule has 0 bridgehead atoms. The Morgan fingerprint density at radius 2 is 1.46 bits per heavy atom. The highest BCUT2D eigenvalue weighted by atomic mass is 16.2. The average molecular weight is 324 g/mol. The van der Waals surface area contributed by atoms with Gasteiger partial charge in [0.05, 0.1) is 0 Å². The molecule has 0 saturated heterocycles. The van der Waals surface area contributed by atoms with E-state index in [-0.39, 0.29) is 11.9 Å². The number of hydrogen-bond donors (Lipinski definition) is 2. The van der Waals surface area contributed by atoms with E-state index in [4.69, 9.17) is 0 Å². The molecule has 24 heavy (non-hydrogen) atoms. The Hall–Kier alpha value is -2.29. The van der Waals surface area contributed by atoms with Gasteiger partial charge in [-0.3, -0.25) is 4.79 Å². The van der Waals surface area contributed by atoms with Gasteiger partial charge in [-0.2, -0.15) is 0 Å². The van der Waals surface area contributed by atoms with Gasteiger partial charge in [-0.1, -0.05) is 43.7 Å². The molecule has 0 saturated carbocycles. The van der Waals surface area contributed by atoms with Crippen LogP contribution < -0.4 is 10.6 Å². The topological polar surface area (TPSA) is 41.1 Å². The highest BCUT2D eigenvalue weighted by Crippen LogP contribution is 2.22. The minimum atomic E-state index is -0.310. The molecule has 1 atom stereocenters. The zero-order valence-corrected chi connectivity index (χ0v) is 15.5. The van der Waals surface area contributed by atoms with Crippen LogP contribution in [0, 0.1) is 20.8 Å². The van der Waals surface area contributed by atoms with Crippen molar-refractivity contribution in [1.82, 2.24) is 0 Å². The summed E-state index contributed by atoms with van der Waals surface area (Å²) in [4.78, 5) is 12.5. The molecule has 0 aliphatic heterocycles. The van der Waals surface area contributed by atoms with Gasteiger partial charge in [0.25, 0.3) is 0 Å². The van der Waals surface area contributed by atoms with E-state index in [0.717, 1.165) is 22.5 Å². The fourth-order valence-corrected chi connectivity index (χ4v) is 2.89. The third-order valence-electron chi connectivity index (χ3n) is 4.28. The fraction of sp³-hybridized carbons (Fsp3) is 0.381. The number of aryl methyl sites for hydroxylation is 3. The summed E-state index contributed by atoms with van der Waals surface area (Å²) >= 11 is 0. The molecule has 128 valence electrons. The van der Waals surface area contributed by atoms with Crippen molar-refractivity contribution in [1.29, 1.82) is 0 Å². The summed E-state index contributed by atoms with van der Waals surface area (Å²) in [5.74, 6) is 0.477. The van der Waals surface area contributed by atoms with Crippen LogP contribution in [0.5, 0.6) is 0 Å². The highest BCUT2D eigenvalue weighted by molar-refractivity contribution is 5.97. The zero-order valence-electron chi connectivity index (χ0n) is 15.5. The maximum absolute atomic E-state index is 12.5. The molecule has 0 radical (unpaired) electrons. The first-order chi connectivity index (χ1) is 11.3. The molecule has 0 heterocycles. The molecule has 0 aromatic heterocycles. The molecule has 1 amide bonds. The van der Waals surface area contributed by atoms with Crippen molar-refractivity contribution in [3.05, 3.63) is 58.7 Å². The standard InChI is InChI=1S/C21H28N2O/c1-13(2)18-7-9-19(10-8-18)22-17(6)21(24)23-20-15(4)11-14(3)12-16(20)5/h7-13,17,22H,1-6H3,(H,23,24)/t17-/m1/s1. The molecular formula is C21H28N2O. The predicted molar refractivity (Wildman–Crippen MR) is 103 cm³/mol. The molecule has 2 rings (SSSR count). The summed E-state index contributed by atoms with van der Waals surface area (Å²) in [6.07, 6.45) is 0. The van der Waals surface area contributed by atoms with Crippen molar-refractivity contribution in [2.24, 2.45) is 0 Å². The lowest BCUT2D eigenvalue weighted by atomic mass is 10.0. The fourth-order valence-electron chi connectivity index (χ4n) is 2.89. The number of benzene rings is 2. The van der Waals surface area contributed by atoms with Gasteiger partial charge in [0.1, 0.15) is 6.04 Å². The monoisotopic (exact) mass is 324 g/mol. The lowest BCUT2D eigenvalue weighted by Crippen LogP contribution is -2.32. The molecule has 0 spiro atoms. The number of hydrogen-bond acceptors (Lipinski definition) is 2. The largest absolute Gasteiger partial charge is 0.374 e. The van der Waals surface area contributed by atoms with E-state index in [1.54, 1.807) is 0 Å². The van der Waals surface area contributed by atoms with Gasteiger partial charge in [0.2, 0.25) is 5.91 Å². The summed E-state index contributed by atoms with van der Waals surface area (Å²) < 4.78 is 0. The van der Waals surface area contributed by atoms with E-state index >= 15 is 0 Å². The first-order valence-electron chi connectivity index (χ1n) is 8.53. The number of rotatable bonds is 5. The minimum Gasteiger partial charge on any atom is -0.374 e. The number of carbonyl (C=O) groups excluding carboxylic acids is 1. The number of nitrogens with one attached hydrogen (secondary N) is 2. The smallest absolute Gasteiger partial charge is 0.246 e. The van der Waals surface area contributed by atoms with Crippen LogP contribution in [0.25, 0.3) is 0 Å². The SMILES string of the molecule is Cc1cc(C)c(NC(=O)[C@@H](C)Nc2ccc(C(C)C)cc2)c(C)c1. The van der Waals surface area contributed by atoms with Crippen molar-refractivity contribution in [3.8, 4) is 0 Å². The second-order valence-electron chi connectivity index (χ2n) is 6.91. The molecule has 2 aromatic carbocycles. The normalized spacial score (nSPS) is 12.1. The molecule has 3 heteroatoms. The molecule has 0 fully saturated rings. The Morgan fingerprint density at radius 1 is 0.917 bits per heavy atom. The van der Waals surface area contributed by atoms with Gasteiger partial charge in [0, 0.05) is 11.4 Å². The molecule has 0 unspecified atom stereocenters. The lowest BCUT2D eigenvalue weighted by molar-refractivity contribution is -0.116. The van der Waals surface area contributed by atoms with Gasteiger partial charge < -0.3 is 10.6 Å². The van der Waals surface area contributed by atoms with Crippen molar-refractivity contribution < 1.29 is 4.79 Å². The molecule has 0 aliphatic rings. The summed E-state index contributed by atoms with van der Waals surface area (Å²) in [5.41, 5.74) is 6.56. The van der Waals surface area contributed by atoms with Crippen LogP contribution >= 0.6 is 0 Å². The average Bonchev–Trinajstić information content (AvgIpc) is 2.51. The molecular weight excluding hydrogens is 296 g/mol. The highest BCUT2D eigenvalue weighted by Gasteiger charge is 2.15. The third-order valence-corrected chi connectivity index (χ3v) is 4.28. The van der Waals surface area contributed by atoms with Crippen LogP contribution in [0.15, 0.2) is 36.4 Å². The van der Waals surface area contributed by atoms with Gasteiger partial charge >= 0.3 is 0 Å².